The summed E-state index contributed by atoms with van der Waals surface area (Å²) in [4.78, 5) is 5.56. The van der Waals surface area contributed by atoms with Crippen molar-refractivity contribution in [1.29, 1.82) is 0 Å². The monoisotopic (exact) mass is 262 g/mol. The number of rotatable bonds is 5. The number of aromatic nitrogens is 1. The summed E-state index contributed by atoms with van der Waals surface area (Å²) in [6.07, 6.45) is 1.78. The number of anilines is 1. The number of nitrogen functional groups attached to an aromatic ring is 1. The van der Waals surface area contributed by atoms with Gasteiger partial charge in [-0.05, 0) is 24.3 Å². The number of benzene rings is 1. The number of thioether (sulfide) groups is 2. The summed E-state index contributed by atoms with van der Waals surface area (Å²) >= 11 is 3.57. The Labute approximate surface area is 110 Å². The summed E-state index contributed by atoms with van der Waals surface area (Å²) in [6.45, 7) is 0. The van der Waals surface area contributed by atoms with Gasteiger partial charge in [0.2, 0.25) is 0 Å². The molecular formula is C13H14N2S2. The number of pyridine rings is 1. The molecule has 0 aliphatic carbocycles. The predicted octanol–water partition coefficient (Wildman–Crippen LogP) is 3.55. The summed E-state index contributed by atoms with van der Waals surface area (Å²) in [5.41, 5.74) is 6.59. The Hall–Kier alpha value is -1.13. The van der Waals surface area contributed by atoms with E-state index in [9.17, 15) is 0 Å². The SMILES string of the molecule is Nc1cccnc1SCCSc1ccccc1. The average Bonchev–Trinajstić information content (AvgIpc) is 2.38. The minimum atomic E-state index is 0.766. The van der Waals surface area contributed by atoms with E-state index in [-0.39, 0.29) is 0 Å². The molecule has 2 rings (SSSR count). The first-order valence-corrected chi connectivity index (χ1v) is 7.34. The van der Waals surface area contributed by atoms with Crippen LogP contribution in [0.5, 0.6) is 0 Å². The highest BCUT2D eigenvalue weighted by atomic mass is 32.2. The summed E-state index contributed by atoms with van der Waals surface area (Å²) in [6, 6.07) is 14.2. The van der Waals surface area contributed by atoms with Gasteiger partial charge in [-0.1, -0.05) is 18.2 Å². The van der Waals surface area contributed by atoms with E-state index >= 15 is 0 Å². The molecule has 1 aromatic carbocycles. The fourth-order valence-corrected chi connectivity index (χ4v) is 3.15. The molecule has 0 fully saturated rings. The second kappa shape index (κ2) is 6.57. The van der Waals surface area contributed by atoms with Gasteiger partial charge in [0.05, 0.1) is 5.69 Å². The highest BCUT2D eigenvalue weighted by Gasteiger charge is 2.00. The Morgan fingerprint density at radius 1 is 0.941 bits per heavy atom. The van der Waals surface area contributed by atoms with E-state index in [4.69, 9.17) is 5.73 Å². The zero-order valence-corrected chi connectivity index (χ0v) is 11.0. The fourth-order valence-electron chi connectivity index (χ4n) is 1.34. The molecule has 2 nitrogen and oxygen atoms in total. The van der Waals surface area contributed by atoms with E-state index in [1.165, 1.54) is 4.90 Å². The largest absolute Gasteiger partial charge is 0.397 e. The lowest BCUT2D eigenvalue weighted by Gasteiger charge is -2.03. The molecule has 0 saturated heterocycles. The molecule has 0 radical (unpaired) electrons. The molecule has 0 aliphatic heterocycles. The van der Waals surface area contributed by atoms with Gasteiger partial charge in [0.1, 0.15) is 5.03 Å². The van der Waals surface area contributed by atoms with Crippen LogP contribution < -0.4 is 5.73 Å². The van der Waals surface area contributed by atoms with Gasteiger partial charge in [-0.15, -0.1) is 23.5 Å². The zero-order valence-electron chi connectivity index (χ0n) is 9.37. The standard InChI is InChI=1S/C13H14N2S2/c14-12-7-4-8-15-13(12)17-10-9-16-11-5-2-1-3-6-11/h1-8H,9-10,14H2. The second-order valence-electron chi connectivity index (χ2n) is 3.41. The van der Waals surface area contributed by atoms with Crippen LogP contribution in [0.25, 0.3) is 0 Å². The highest BCUT2D eigenvalue weighted by molar-refractivity contribution is 8.03. The van der Waals surface area contributed by atoms with Crippen molar-refractivity contribution in [2.45, 2.75) is 9.92 Å². The topological polar surface area (TPSA) is 38.9 Å². The van der Waals surface area contributed by atoms with Crippen LogP contribution in [-0.2, 0) is 0 Å². The van der Waals surface area contributed by atoms with Crippen molar-refractivity contribution in [2.24, 2.45) is 0 Å². The molecule has 2 N–H and O–H groups in total. The Morgan fingerprint density at radius 3 is 2.47 bits per heavy atom. The van der Waals surface area contributed by atoms with Gasteiger partial charge in [0, 0.05) is 22.6 Å². The van der Waals surface area contributed by atoms with Crippen molar-refractivity contribution >= 4 is 29.2 Å². The summed E-state index contributed by atoms with van der Waals surface area (Å²) < 4.78 is 0. The van der Waals surface area contributed by atoms with Crippen LogP contribution in [0.1, 0.15) is 0 Å². The zero-order chi connectivity index (χ0) is 11.9. The van der Waals surface area contributed by atoms with E-state index < -0.39 is 0 Å². The molecule has 0 aliphatic rings. The molecule has 1 heterocycles. The van der Waals surface area contributed by atoms with Crippen LogP contribution in [0.4, 0.5) is 5.69 Å². The van der Waals surface area contributed by atoms with Crippen molar-refractivity contribution in [3.05, 3.63) is 48.7 Å². The molecule has 2 aromatic rings. The van der Waals surface area contributed by atoms with Gasteiger partial charge in [-0.2, -0.15) is 0 Å². The van der Waals surface area contributed by atoms with Crippen LogP contribution >= 0.6 is 23.5 Å². The molecule has 0 amide bonds. The minimum Gasteiger partial charge on any atom is -0.397 e. The maximum absolute atomic E-state index is 5.82. The Morgan fingerprint density at radius 2 is 1.71 bits per heavy atom. The van der Waals surface area contributed by atoms with Gasteiger partial charge >= 0.3 is 0 Å². The molecular weight excluding hydrogens is 248 g/mol. The van der Waals surface area contributed by atoms with Gasteiger partial charge in [-0.3, -0.25) is 0 Å². The van der Waals surface area contributed by atoms with Gasteiger partial charge in [-0.25, -0.2) is 4.98 Å². The fraction of sp³-hybridized carbons (Fsp3) is 0.154. The van der Waals surface area contributed by atoms with Crippen LogP contribution in [0.3, 0.4) is 0 Å². The van der Waals surface area contributed by atoms with Gasteiger partial charge < -0.3 is 5.73 Å². The van der Waals surface area contributed by atoms with E-state index in [2.05, 4.69) is 29.2 Å². The minimum absolute atomic E-state index is 0.766. The quantitative estimate of drug-likeness (QED) is 0.660. The summed E-state index contributed by atoms with van der Waals surface area (Å²) in [7, 11) is 0. The maximum atomic E-state index is 5.82. The molecule has 0 unspecified atom stereocenters. The predicted molar refractivity (Wildman–Crippen MR) is 76.5 cm³/mol. The van der Waals surface area contributed by atoms with Gasteiger partial charge in [0.15, 0.2) is 0 Å². The third-order valence-corrected chi connectivity index (χ3v) is 4.43. The third kappa shape index (κ3) is 3.98. The van der Waals surface area contributed by atoms with Crippen molar-refractivity contribution < 1.29 is 0 Å². The number of nitrogens with two attached hydrogens (primary N) is 1. The molecule has 1 aromatic heterocycles. The lowest BCUT2D eigenvalue weighted by molar-refractivity contribution is 1.14. The lowest BCUT2D eigenvalue weighted by atomic mass is 10.4. The van der Waals surface area contributed by atoms with Gasteiger partial charge in [0.25, 0.3) is 0 Å². The van der Waals surface area contributed by atoms with E-state index in [0.717, 1.165) is 22.2 Å². The van der Waals surface area contributed by atoms with Crippen molar-refractivity contribution in [2.75, 3.05) is 17.2 Å². The van der Waals surface area contributed by atoms with Crippen molar-refractivity contribution in [3.8, 4) is 0 Å². The third-order valence-electron chi connectivity index (χ3n) is 2.13. The molecule has 17 heavy (non-hydrogen) atoms. The second-order valence-corrected chi connectivity index (χ2v) is 5.66. The molecule has 0 bridgehead atoms. The molecule has 0 saturated carbocycles. The first-order chi connectivity index (χ1) is 8.36. The van der Waals surface area contributed by atoms with E-state index in [1.807, 2.05) is 30.0 Å². The van der Waals surface area contributed by atoms with Crippen LogP contribution in [-0.4, -0.2) is 16.5 Å². The highest BCUT2D eigenvalue weighted by Crippen LogP contribution is 2.24. The summed E-state index contributed by atoms with van der Waals surface area (Å²) in [5.74, 6) is 2.07. The average molecular weight is 262 g/mol. The van der Waals surface area contributed by atoms with E-state index in [1.54, 1.807) is 18.0 Å². The van der Waals surface area contributed by atoms with Crippen LogP contribution in [0.2, 0.25) is 0 Å². The van der Waals surface area contributed by atoms with E-state index in [0.29, 0.717) is 0 Å². The molecule has 0 atom stereocenters. The maximum Gasteiger partial charge on any atom is 0.119 e. The normalized spacial score (nSPS) is 10.4. The first-order valence-electron chi connectivity index (χ1n) is 5.37. The van der Waals surface area contributed by atoms with Crippen LogP contribution in [0, 0.1) is 0 Å². The number of hydrogen-bond donors (Lipinski definition) is 1. The Balaban J connectivity index is 1.76. The van der Waals surface area contributed by atoms with Crippen LogP contribution in [0.15, 0.2) is 58.6 Å². The lowest BCUT2D eigenvalue weighted by Crippen LogP contribution is -1.92. The number of nitrogens with zero attached hydrogens (tertiary/aromatic N) is 1. The molecule has 88 valence electrons. The summed E-state index contributed by atoms with van der Waals surface area (Å²) in [5, 5.41) is 0.932. The van der Waals surface area contributed by atoms with Crippen molar-refractivity contribution in [1.82, 2.24) is 4.98 Å². The Kier molecular flexibility index (Phi) is 4.76. The molecule has 4 heteroatoms. The first kappa shape index (κ1) is 12.3. The molecule has 0 spiro atoms. The number of hydrogen-bond acceptors (Lipinski definition) is 4. The Bertz CT molecular complexity index is 460. The van der Waals surface area contributed by atoms with Crippen molar-refractivity contribution in [3.63, 3.8) is 0 Å². The smallest absolute Gasteiger partial charge is 0.119 e.